The van der Waals surface area contributed by atoms with Crippen LogP contribution >= 0.6 is 0 Å². The first-order valence-corrected chi connectivity index (χ1v) is 4.47. The monoisotopic (exact) mass is 186 g/mol. The first kappa shape index (κ1) is 10.3. The van der Waals surface area contributed by atoms with Gasteiger partial charge in [0.05, 0.1) is 5.69 Å². The Hall–Kier alpha value is -1.83. The molecule has 1 aromatic rings. The lowest BCUT2D eigenvalue weighted by Gasteiger charge is -1.89. The second-order valence-electron chi connectivity index (χ2n) is 2.88. The zero-order valence-corrected chi connectivity index (χ0v) is 8.22. The lowest BCUT2D eigenvalue weighted by atomic mass is 10.3. The molecule has 0 saturated carbocycles. The summed E-state index contributed by atoms with van der Waals surface area (Å²) in [6.07, 6.45) is 7.03. The summed E-state index contributed by atoms with van der Waals surface area (Å²) in [6, 6.07) is 9.81. The minimum Gasteiger partial charge on any atom is -0.405 e. The quantitative estimate of drug-likeness (QED) is 0.572. The molecule has 0 atom stereocenters. The molecule has 0 fully saturated rings. The maximum Gasteiger partial charge on any atom is 0.0629 e. The van der Waals surface area contributed by atoms with Gasteiger partial charge in [-0.3, -0.25) is 4.99 Å². The highest BCUT2D eigenvalue weighted by Crippen LogP contribution is 2.08. The summed E-state index contributed by atoms with van der Waals surface area (Å²) in [5.74, 6) is 0. The van der Waals surface area contributed by atoms with Crippen molar-refractivity contribution in [2.75, 3.05) is 0 Å². The van der Waals surface area contributed by atoms with Gasteiger partial charge in [0.2, 0.25) is 0 Å². The Kier molecular flexibility index (Phi) is 4.21. The van der Waals surface area contributed by atoms with Gasteiger partial charge < -0.3 is 5.73 Å². The summed E-state index contributed by atoms with van der Waals surface area (Å²) in [5, 5.41) is 0. The van der Waals surface area contributed by atoms with Crippen LogP contribution in [0.5, 0.6) is 0 Å². The van der Waals surface area contributed by atoms with Crippen LogP contribution in [-0.4, -0.2) is 6.21 Å². The number of benzene rings is 1. The molecule has 0 aliphatic heterocycles. The van der Waals surface area contributed by atoms with Crippen molar-refractivity contribution in [1.29, 1.82) is 0 Å². The normalized spacial score (nSPS) is 12.8. The van der Waals surface area contributed by atoms with E-state index in [2.05, 4.69) is 4.99 Å². The van der Waals surface area contributed by atoms with E-state index in [4.69, 9.17) is 5.73 Å². The zero-order chi connectivity index (χ0) is 10.2. The maximum absolute atomic E-state index is 5.25. The van der Waals surface area contributed by atoms with E-state index >= 15 is 0 Å². The summed E-state index contributed by atoms with van der Waals surface area (Å²) in [6.45, 7) is 1.97. The summed E-state index contributed by atoms with van der Waals surface area (Å²) in [4.78, 5) is 4.25. The van der Waals surface area contributed by atoms with Crippen LogP contribution in [0.25, 0.3) is 0 Å². The Morgan fingerprint density at radius 1 is 1.29 bits per heavy atom. The summed E-state index contributed by atoms with van der Waals surface area (Å²) >= 11 is 0. The Morgan fingerprint density at radius 3 is 2.64 bits per heavy atom. The third-order valence-electron chi connectivity index (χ3n) is 1.68. The van der Waals surface area contributed by atoms with Crippen molar-refractivity contribution in [3.8, 4) is 0 Å². The molecule has 0 aromatic heterocycles. The first-order valence-electron chi connectivity index (χ1n) is 4.47. The number of allylic oxidation sites excluding steroid dienone is 3. The van der Waals surface area contributed by atoms with Crippen LogP contribution in [0.2, 0.25) is 0 Å². The molecule has 0 amide bonds. The van der Waals surface area contributed by atoms with Crippen molar-refractivity contribution in [2.45, 2.75) is 6.92 Å². The van der Waals surface area contributed by atoms with Crippen LogP contribution in [0, 0.1) is 0 Å². The number of nitrogens with zero attached hydrogens (tertiary/aromatic N) is 1. The van der Waals surface area contributed by atoms with E-state index in [0.717, 1.165) is 11.3 Å². The van der Waals surface area contributed by atoms with Gasteiger partial charge >= 0.3 is 0 Å². The molecule has 2 heteroatoms. The fraction of sp³-hybridized carbons (Fsp3) is 0.0833. The van der Waals surface area contributed by atoms with Gasteiger partial charge in [-0.25, -0.2) is 0 Å². The number of nitrogens with two attached hydrogens (primary N) is 1. The Balaban J connectivity index is 2.62. The molecule has 0 aliphatic rings. The third-order valence-corrected chi connectivity index (χ3v) is 1.68. The van der Waals surface area contributed by atoms with Gasteiger partial charge in [-0.1, -0.05) is 18.2 Å². The molecule has 72 valence electrons. The molecule has 14 heavy (non-hydrogen) atoms. The fourth-order valence-corrected chi connectivity index (χ4v) is 0.962. The number of rotatable bonds is 3. The second kappa shape index (κ2) is 5.75. The van der Waals surface area contributed by atoms with Gasteiger partial charge in [-0.2, -0.15) is 0 Å². The van der Waals surface area contributed by atoms with Crippen LogP contribution in [0.1, 0.15) is 6.92 Å². The van der Waals surface area contributed by atoms with Crippen molar-refractivity contribution in [3.63, 3.8) is 0 Å². The fourth-order valence-electron chi connectivity index (χ4n) is 0.962. The summed E-state index contributed by atoms with van der Waals surface area (Å²) < 4.78 is 0. The van der Waals surface area contributed by atoms with Crippen molar-refractivity contribution >= 4 is 11.9 Å². The van der Waals surface area contributed by atoms with Crippen molar-refractivity contribution in [2.24, 2.45) is 10.7 Å². The maximum atomic E-state index is 5.25. The van der Waals surface area contributed by atoms with E-state index in [1.54, 1.807) is 6.21 Å². The topological polar surface area (TPSA) is 38.4 Å². The molecule has 0 aliphatic carbocycles. The third kappa shape index (κ3) is 3.72. The molecule has 0 bridgehead atoms. The molecule has 0 unspecified atom stereocenters. The molecule has 0 radical (unpaired) electrons. The minimum atomic E-state index is 0.952. The lowest BCUT2D eigenvalue weighted by Crippen LogP contribution is -1.77. The second-order valence-corrected chi connectivity index (χ2v) is 2.88. The predicted octanol–water partition coefficient (Wildman–Crippen LogP) is 2.81. The Morgan fingerprint density at radius 2 is 2.00 bits per heavy atom. The van der Waals surface area contributed by atoms with Gasteiger partial charge in [0, 0.05) is 6.21 Å². The summed E-state index contributed by atoms with van der Waals surface area (Å²) in [7, 11) is 0. The van der Waals surface area contributed by atoms with Gasteiger partial charge in [0.15, 0.2) is 0 Å². The molecule has 0 spiro atoms. The molecule has 0 saturated heterocycles. The Labute approximate surface area is 84.5 Å². The number of hydrogen-bond donors (Lipinski definition) is 1. The lowest BCUT2D eigenvalue weighted by molar-refractivity contribution is 1.48. The molecule has 1 rings (SSSR count). The van der Waals surface area contributed by atoms with E-state index in [1.165, 1.54) is 6.20 Å². The highest BCUT2D eigenvalue weighted by atomic mass is 14.7. The van der Waals surface area contributed by atoms with Crippen LogP contribution in [0.4, 0.5) is 5.69 Å². The van der Waals surface area contributed by atoms with Crippen LogP contribution < -0.4 is 5.73 Å². The molecule has 0 heterocycles. The van der Waals surface area contributed by atoms with Gasteiger partial charge in [0.25, 0.3) is 0 Å². The Bertz CT molecular complexity index is 348. The first-order chi connectivity index (χ1) is 6.83. The highest BCUT2D eigenvalue weighted by molar-refractivity contribution is 5.75. The van der Waals surface area contributed by atoms with Gasteiger partial charge in [-0.05, 0) is 43.0 Å². The zero-order valence-electron chi connectivity index (χ0n) is 8.22. The summed E-state index contributed by atoms with van der Waals surface area (Å²) in [5.41, 5.74) is 7.27. The SMILES string of the molecule is CC(/C=C/N)=C\C=N\c1ccccc1. The predicted molar refractivity (Wildman–Crippen MR) is 61.7 cm³/mol. The molecular weight excluding hydrogens is 172 g/mol. The van der Waals surface area contributed by atoms with E-state index in [1.807, 2.05) is 49.4 Å². The van der Waals surface area contributed by atoms with Crippen molar-refractivity contribution in [1.82, 2.24) is 0 Å². The van der Waals surface area contributed by atoms with Crippen LogP contribution in [0.3, 0.4) is 0 Å². The van der Waals surface area contributed by atoms with Gasteiger partial charge in [-0.15, -0.1) is 0 Å². The average Bonchev–Trinajstić information content (AvgIpc) is 2.20. The largest absolute Gasteiger partial charge is 0.405 e. The van der Waals surface area contributed by atoms with Crippen molar-refractivity contribution in [3.05, 3.63) is 54.3 Å². The van der Waals surface area contributed by atoms with E-state index in [0.29, 0.717) is 0 Å². The van der Waals surface area contributed by atoms with Crippen LogP contribution in [-0.2, 0) is 0 Å². The number of hydrogen-bond acceptors (Lipinski definition) is 2. The van der Waals surface area contributed by atoms with E-state index < -0.39 is 0 Å². The average molecular weight is 186 g/mol. The van der Waals surface area contributed by atoms with Crippen LogP contribution in [0.15, 0.2) is 59.2 Å². The number of para-hydroxylation sites is 1. The smallest absolute Gasteiger partial charge is 0.0629 e. The number of aliphatic imine (C=N–C) groups is 1. The minimum absolute atomic E-state index is 0.952. The van der Waals surface area contributed by atoms with Crippen molar-refractivity contribution < 1.29 is 0 Å². The standard InChI is InChI=1S/C12H14N2/c1-11(7-9-13)8-10-14-12-5-3-2-4-6-12/h2-10H,13H2,1H3/b9-7+,11-8+,14-10+. The van der Waals surface area contributed by atoms with E-state index in [-0.39, 0.29) is 0 Å². The highest BCUT2D eigenvalue weighted by Gasteiger charge is 1.81. The molecular formula is C12H14N2. The molecule has 2 N–H and O–H groups in total. The molecule has 2 nitrogen and oxygen atoms in total. The molecule has 1 aromatic carbocycles. The van der Waals surface area contributed by atoms with E-state index in [9.17, 15) is 0 Å². The van der Waals surface area contributed by atoms with Gasteiger partial charge in [0.1, 0.15) is 0 Å².